The first-order valence-corrected chi connectivity index (χ1v) is 5.73. The second-order valence-corrected chi connectivity index (χ2v) is 4.52. The number of nitro groups is 1. The average molecular weight is 231 g/mol. The Morgan fingerprint density at radius 1 is 1.44 bits per heavy atom. The summed E-state index contributed by atoms with van der Waals surface area (Å²) in [5, 5.41) is 19.9. The van der Waals surface area contributed by atoms with Crippen LogP contribution in [0.25, 0.3) is 0 Å². The second-order valence-electron chi connectivity index (χ2n) is 4.52. The van der Waals surface area contributed by atoms with Crippen LogP contribution >= 0.6 is 0 Å². The molecule has 1 saturated heterocycles. The van der Waals surface area contributed by atoms with Crippen molar-refractivity contribution in [3.63, 3.8) is 0 Å². The number of ether oxygens (including phenoxy) is 2. The van der Waals surface area contributed by atoms with Crippen molar-refractivity contribution in [2.45, 2.75) is 50.1 Å². The lowest BCUT2D eigenvalue weighted by Gasteiger charge is -2.32. The molecule has 6 heteroatoms. The van der Waals surface area contributed by atoms with Gasteiger partial charge in [-0.25, -0.2) is 0 Å². The van der Waals surface area contributed by atoms with Gasteiger partial charge in [-0.05, 0) is 12.8 Å². The lowest BCUT2D eigenvalue weighted by Crippen LogP contribution is -2.38. The van der Waals surface area contributed by atoms with Crippen molar-refractivity contribution in [2.24, 2.45) is 0 Å². The van der Waals surface area contributed by atoms with Crippen molar-refractivity contribution in [3.05, 3.63) is 10.1 Å². The molecular weight excluding hydrogens is 214 g/mol. The van der Waals surface area contributed by atoms with Crippen LogP contribution in [0, 0.1) is 10.1 Å². The topological polar surface area (TPSA) is 81.8 Å². The molecule has 92 valence electrons. The van der Waals surface area contributed by atoms with E-state index in [0.717, 1.165) is 25.7 Å². The summed E-state index contributed by atoms with van der Waals surface area (Å²) in [5.74, 6) is -0.569. The zero-order chi connectivity index (χ0) is 11.6. The van der Waals surface area contributed by atoms with Crippen molar-refractivity contribution in [1.29, 1.82) is 0 Å². The second kappa shape index (κ2) is 4.65. The van der Waals surface area contributed by atoms with Crippen LogP contribution in [-0.4, -0.2) is 41.2 Å². The number of aliphatic hydroxyl groups excluding tert-OH is 1. The van der Waals surface area contributed by atoms with E-state index in [2.05, 4.69) is 0 Å². The number of hydrogen-bond donors (Lipinski definition) is 1. The average Bonchev–Trinajstić information content (AvgIpc) is 2.62. The molecule has 0 bridgehead atoms. The quantitative estimate of drug-likeness (QED) is 0.571. The largest absolute Gasteiger partial charge is 0.383 e. The van der Waals surface area contributed by atoms with Gasteiger partial charge in [0, 0.05) is 17.8 Å². The molecule has 0 radical (unpaired) electrons. The zero-order valence-corrected chi connectivity index (χ0v) is 9.13. The molecule has 0 aromatic heterocycles. The Morgan fingerprint density at radius 2 is 2.12 bits per heavy atom. The summed E-state index contributed by atoms with van der Waals surface area (Å²) in [4.78, 5) is 9.76. The molecule has 2 aliphatic rings. The highest BCUT2D eigenvalue weighted by Crippen LogP contribution is 2.38. The molecule has 1 N–H and O–H groups in total. The SMILES string of the molecule is O=[N+]([O-])CC(O)[C@H]1COC2(CCCCC2)O1. The van der Waals surface area contributed by atoms with Gasteiger partial charge in [-0.1, -0.05) is 6.42 Å². The fourth-order valence-electron chi connectivity index (χ4n) is 2.39. The van der Waals surface area contributed by atoms with E-state index in [1.165, 1.54) is 6.42 Å². The van der Waals surface area contributed by atoms with Crippen LogP contribution in [0.5, 0.6) is 0 Å². The van der Waals surface area contributed by atoms with E-state index in [0.29, 0.717) is 0 Å². The van der Waals surface area contributed by atoms with Crippen molar-refractivity contribution < 1.29 is 19.5 Å². The molecule has 0 aromatic carbocycles. The highest BCUT2D eigenvalue weighted by atomic mass is 16.7. The Hall–Kier alpha value is -0.720. The van der Waals surface area contributed by atoms with Crippen LogP contribution in [0.4, 0.5) is 0 Å². The van der Waals surface area contributed by atoms with Crippen LogP contribution in [0.3, 0.4) is 0 Å². The monoisotopic (exact) mass is 231 g/mol. The third-order valence-corrected chi connectivity index (χ3v) is 3.26. The maximum atomic E-state index is 10.3. The molecule has 1 spiro atoms. The Labute approximate surface area is 93.7 Å². The molecule has 2 fully saturated rings. The predicted molar refractivity (Wildman–Crippen MR) is 54.5 cm³/mol. The minimum Gasteiger partial charge on any atom is -0.383 e. The van der Waals surface area contributed by atoms with E-state index in [9.17, 15) is 15.2 Å². The zero-order valence-electron chi connectivity index (χ0n) is 9.13. The maximum Gasteiger partial charge on any atom is 0.232 e. The molecule has 1 heterocycles. The first kappa shape index (κ1) is 11.8. The van der Waals surface area contributed by atoms with Crippen LogP contribution < -0.4 is 0 Å². The van der Waals surface area contributed by atoms with E-state index in [1.54, 1.807) is 0 Å². The summed E-state index contributed by atoms with van der Waals surface area (Å²) < 4.78 is 11.3. The van der Waals surface area contributed by atoms with Crippen molar-refractivity contribution in [3.8, 4) is 0 Å². The molecule has 1 aliphatic carbocycles. The van der Waals surface area contributed by atoms with Gasteiger partial charge in [0.25, 0.3) is 0 Å². The molecule has 1 saturated carbocycles. The summed E-state index contributed by atoms with van der Waals surface area (Å²) in [7, 11) is 0. The molecule has 1 unspecified atom stereocenters. The Balaban J connectivity index is 1.89. The molecule has 1 aliphatic heterocycles. The van der Waals surface area contributed by atoms with Crippen LogP contribution in [0.15, 0.2) is 0 Å². The van der Waals surface area contributed by atoms with Gasteiger partial charge in [0.2, 0.25) is 6.54 Å². The van der Waals surface area contributed by atoms with Gasteiger partial charge in [0.15, 0.2) is 5.79 Å². The summed E-state index contributed by atoms with van der Waals surface area (Å²) in [6, 6.07) is 0. The number of nitrogens with zero attached hydrogens (tertiary/aromatic N) is 1. The Kier molecular flexibility index (Phi) is 3.41. The summed E-state index contributed by atoms with van der Waals surface area (Å²) in [6.07, 6.45) is 3.32. The standard InChI is InChI=1S/C10H17NO5/c12-8(6-11(13)14)9-7-15-10(16-9)4-2-1-3-5-10/h8-9,12H,1-7H2/t8?,9-/m1/s1. The molecule has 2 atom stereocenters. The van der Waals surface area contributed by atoms with E-state index in [-0.39, 0.29) is 6.61 Å². The summed E-state index contributed by atoms with van der Waals surface area (Å²) in [5.41, 5.74) is 0. The van der Waals surface area contributed by atoms with Gasteiger partial charge < -0.3 is 14.6 Å². The van der Waals surface area contributed by atoms with E-state index < -0.39 is 29.5 Å². The third-order valence-electron chi connectivity index (χ3n) is 3.26. The molecule has 6 nitrogen and oxygen atoms in total. The van der Waals surface area contributed by atoms with Gasteiger partial charge in [0.1, 0.15) is 12.2 Å². The maximum absolute atomic E-state index is 10.3. The van der Waals surface area contributed by atoms with Gasteiger partial charge in [-0.3, -0.25) is 10.1 Å². The highest BCUT2D eigenvalue weighted by molar-refractivity contribution is 4.85. The van der Waals surface area contributed by atoms with Crippen LogP contribution in [0.2, 0.25) is 0 Å². The van der Waals surface area contributed by atoms with Gasteiger partial charge in [-0.2, -0.15) is 0 Å². The molecule has 2 rings (SSSR count). The number of aliphatic hydroxyl groups is 1. The van der Waals surface area contributed by atoms with Crippen LogP contribution in [0.1, 0.15) is 32.1 Å². The predicted octanol–water partition coefficient (Wildman–Crippen LogP) is 0.700. The first-order chi connectivity index (χ1) is 7.61. The van der Waals surface area contributed by atoms with Crippen molar-refractivity contribution >= 4 is 0 Å². The minimum atomic E-state index is -1.07. The lowest BCUT2D eigenvalue weighted by atomic mass is 9.94. The summed E-state index contributed by atoms with van der Waals surface area (Å²) in [6.45, 7) is -0.223. The van der Waals surface area contributed by atoms with Crippen molar-refractivity contribution in [1.82, 2.24) is 0 Å². The number of rotatable bonds is 3. The third kappa shape index (κ3) is 2.50. The van der Waals surface area contributed by atoms with Gasteiger partial charge in [-0.15, -0.1) is 0 Å². The Morgan fingerprint density at radius 3 is 2.75 bits per heavy atom. The van der Waals surface area contributed by atoms with E-state index in [1.807, 2.05) is 0 Å². The fraction of sp³-hybridized carbons (Fsp3) is 1.00. The van der Waals surface area contributed by atoms with Gasteiger partial charge in [0.05, 0.1) is 6.61 Å². The lowest BCUT2D eigenvalue weighted by molar-refractivity contribution is -0.493. The molecular formula is C10H17NO5. The normalized spacial score (nSPS) is 30.4. The molecule has 0 aromatic rings. The van der Waals surface area contributed by atoms with Crippen molar-refractivity contribution in [2.75, 3.05) is 13.2 Å². The van der Waals surface area contributed by atoms with Crippen LogP contribution in [-0.2, 0) is 9.47 Å². The van der Waals surface area contributed by atoms with E-state index in [4.69, 9.17) is 9.47 Å². The first-order valence-electron chi connectivity index (χ1n) is 5.73. The molecule has 0 amide bonds. The minimum absolute atomic E-state index is 0.259. The fourth-order valence-corrected chi connectivity index (χ4v) is 2.39. The van der Waals surface area contributed by atoms with Gasteiger partial charge >= 0.3 is 0 Å². The number of hydrogen-bond acceptors (Lipinski definition) is 5. The summed E-state index contributed by atoms with van der Waals surface area (Å²) >= 11 is 0. The smallest absolute Gasteiger partial charge is 0.232 e. The molecule has 16 heavy (non-hydrogen) atoms. The Bertz CT molecular complexity index is 264. The van der Waals surface area contributed by atoms with E-state index >= 15 is 0 Å². The highest BCUT2D eigenvalue weighted by Gasteiger charge is 2.45.